The van der Waals surface area contributed by atoms with Crippen molar-refractivity contribution in [3.63, 3.8) is 0 Å². The minimum atomic E-state index is 0.607. The third-order valence-electron chi connectivity index (χ3n) is 2.79. The highest BCUT2D eigenvalue weighted by molar-refractivity contribution is 5.65. The van der Waals surface area contributed by atoms with E-state index in [9.17, 15) is 0 Å². The first-order valence-corrected chi connectivity index (χ1v) is 5.52. The van der Waals surface area contributed by atoms with Crippen molar-refractivity contribution in [2.24, 2.45) is 0 Å². The zero-order valence-corrected chi connectivity index (χ0v) is 9.70. The fraction of sp³-hybridized carbons (Fsp3) is 0.214. The van der Waals surface area contributed by atoms with Crippen LogP contribution in [-0.4, -0.2) is 4.98 Å². The van der Waals surface area contributed by atoms with Gasteiger partial charge in [0.15, 0.2) is 0 Å². The van der Waals surface area contributed by atoms with E-state index in [2.05, 4.69) is 42.2 Å². The second-order valence-electron chi connectivity index (χ2n) is 3.98. The van der Waals surface area contributed by atoms with Gasteiger partial charge in [-0.25, -0.2) is 4.98 Å². The predicted octanol–water partition coefficient (Wildman–Crippen LogP) is 3.20. The Balaban J connectivity index is 2.46. The van der Waals surface area contributed by atoms with Gasteiger partial charge in [-0.3, -0.25) is 0 Å². The average molecular weight is 212 g/mol. The van der Waals surface area contributed by atoms with Crippen molar-refractivity contribution in [1.29, 1.82) is 0 Å². The highest BCUT2D eigenvalue weighted by atomic mass is 14.8. The Hall–Kier alpha value is -1.83. The Labute approximate surface area is 96.1 Å². The lowest BCUT2D eigenvalue weighted by molar-refractivity contribution is 1.14. The van der Waals surface area contributed by atoms with E-state index in [4.69, 9.17) is 5.73 Å². The van der Waals surface area contributed by atoms with Crippen molar-refractivity contribution < 1.29 is 0 Å². The van der Waals surface area contributed by atoms with Crippen LogP contribution in [0.4, 0.5) is 5.82 Å². The summed E-state index contributed by atoms with van der Waals surface area (Å²) in [5.41, 5.74) is 10.4. The first kappa shape index (κ1) is 10.7. The second kappa shape index (κ2) is 4.35. The molecule has 0 aliphatic carbocycles. The van der Waals surface area contributed by atoms with Gasteiger partial charge in [-0.1, -0.05) is 31.2 Å². The monoisotopic (exact) mass is 212 g/mol. The highest BCUT2D eigenvalue weighted by Crippen LogP contribution is 2.22. The minimum Gasteiger partial charge on any atom is -0.383 e. The Bertz CT molecular complexity index is 504. The summed E-state index contributed by atoms with van der Waals surface area (Å²) in [7, 11) is 0. The number of aromatic nitrogens is 1. The molecule has 1 aromatic carbocycles. The van der Waals surface area contributed by atoms with Crippen LogP contribution >= 0.6 is 0 Å². The van der Waals surface area contributed by atoms with E-state index in [0.717, 1.165) is 17.5 Å². The maximum absolute atomic E-state index is 5.71. The van der Waals surface area contributed by atoms with E-state index in [-0.39, 0.29) is 0 Å². The van der Waals surface area contributed by atoms with Crippen LogP contribution in [0, 0.1) is 6.92 Å². The van der Waals surface area contributed by atoms with Gasteiger partial charge in [-0.05, 0) is 36.1 Å². The molecule has 0 fully saturated rings. The molecule has 2 rings (SSSR count). The number of nitrogen functional groups attached to an aromatic ring is 1. The van der Waals surface area contributed by atoms with Crippen LogP contribution in [0.5, 0.6) is 0 Å². The normalized spacial score (nSPS) is 10.4. The molecule has 0 spiro atoms. The first-order chi connectivity index (χ1) is 7.70. The maximum atomic E-state index is 5.71. The predicted molar refractivity (Wildman–Crippen MR) is 68.2 cm³/mol. The van der Waals surface area contributed by atoms with E-state index < -0.39 is 0 Å². The van der Waals surface area contributed by atoms with Gasteiger partial charge in [0.25, 0.3) is 0 Å². The Kier molecular flexibility index (Phi) is 2.91. The average Bonchev–Trinajstić information content (AvgIpc) is 2.33. The number of pyridine rings is 1. The number of benzene rings is 1. The van der Waals surface area contributed by atoms with Crippen LogP contribution in [0.3, 0.4) is 0 Å². The number of rotatable bonds is 2. The summed E-state index contributed by atoms with van der Waals surface area (Å²) in [5.74, 6) is 0.607. The number of hydrogen-bond donors (Lipinski definition) is 1. The summed E-state index contributed by atoms with van der Waals surface area (Å²) in [6, 6.07) is 10.6. The molecule has 2 heteroatoms. The molecule has 0 unspecified atom stereocenters. The summed E-state index contributed by atoms with van der Waals surface area (Å²) >= 11 is 0. The van der Waals surface area contributed by atoms with Gasteiger partial charge < -0.3 is 5.73 Å². The fourth-order valence-corrected chi connectivity index (χ4v) is 1.71. The number of aryl methyl sites for hydroxylation is 2. The van der Waals surface area contributed by atoms with Crippen LogP contribution < -0.4 is 5.73 Å². The lowest BCUT2D eigenvalue weighted by atomic mass is 10.0. The van der Waals surface area contributed by atoms with Crippen molar-refractivity contribution in [1.82, 2.24) is 4.98 Å². The van der Waals surface area contributed by atoms with E-state index in [1.807, 2.05) is 13.1 Å². The SMILES string of the molecule is CCc1cccc(-c2cnc(N)c(C)c2)c1. The minimum absolute atomic E-state index is 0.607. The van der Waals surface area contributed by atoms with Gasteiger partial charge in [-0.15, -0.1) is 0 Å². The molecule has 0 saturated heterocycles. The fourth-order valence-electron chi connectivity index (χ4n) is 1.71. The van der Waals surface area contributed by atoms with Crippen molar-refractivity contribution in [2.75, 3.05) is 5.73 Å². The van der Waals surface area contributed by atoms with Crippen LogP contribution in [0.25, 0.3) is 11.1 Å². The standard InChI is InChI=1S/C14H16N2/c1-3-11-5-4-6-12(8-11)13-7-10(2)14(15)16-9-13/h4-9H,3H2,1-2H3,(H2,15,16). The molecule has 82 valence electrons. The van der Waals surface area contributed by atoms with Gasteiger partial charge >= 0.3 is 0 Å². The molecule has 0 amide bonds. The van der Waals surface area contributed by atoms with Crippen molar-refractivity contribution in [3.05, 3.63) is 47.7 Å². The van der Waals surface area contributed by atoms with Gasteiger partial charge in [0.05, 0.1) is 0 Å². The molecule has 2 nitrogen and oxygen atoms in total. The van der Waals surface area contributed by atoms with Gasteiger partial charge in [0.1, 0.15) is 5.82 Å². The van der Waals surface area contributed by atoms with Gasteiger partial charge in [-0.2, -0.15) is 0 Å². The number of anilines is 1. The van der Waals surface area contributed by atoms with Crippen LogP contribution in [0.2, 0.25) is 0 Å². The van der Waals surface area contributed by atoms with Crippen molar-refractivity contribution in [3.8, 4) is 11.1 Å². The first-order valence-electron chi connectivity index (χ1n) is 5.52. The quantitative estimate of drug-likeness (QED) is 0.830. The molecular weight excluding hydrogens is 196 g/mol. The summed E-state index contributed by atoms with van der Waals surface area (Å²) in [6.07, 6.45) is 2.88. The number of nitrogens with zero attached hydrogens (tertiary/aromatic N) is 1. The third kappa shape index (κ3) is 2.06. The number of hydrogen-bond acceptors (Lipinski definition) is 2. The summed E-state index contributed by atoms with van der Waals surface area (Å²) in [5, 5.41) is 0. The molecule has 2 N–H and O–H groups in total. The van der Waals surface area contributed by atoms with E-state index in [1.54, 1.807) is 0 Å². The molecule has 16 heavy (non-hydrogen) atoms. The molecule has 0 aliphatic heterocycles. The van der Waals surface area contributed by atoms with Crippen LogP contribution in [0.1, 0.15) is 18.1 Å². The molecule has 2 aromatic rings. The van der Waals surface area contributed by atoms with Crippen molar-refractivity contribution >= 4 is 5.82 Å². The zero-order chi connectivity index (χ0) is 11.5. The molecule has 0 radical (unpaired) electrons. The molecular formula is C14H16N2. The molecule has 0 aliphatic rings. The van der Waals surface area contributed by atoms with Crippen LogP contribution in [-0.2, 0) is 6.42 Å². The number of nitrogens with two attached hydrogens (primary N) is 1. The molecule has 0 bridgehead atoms. The Morgan fingerprint density at radius 1 is 1.19 bits per heavy atom. The molecule has 1 heterocycles. The largest absolute Gasteiger partial charge is 0.383 e. The Morgan fingerprint density at radius 3 is 2.69 bits per heavy atom. The molecule has 0 atom stereocenters. The molecule has 1 aromatic heterocycles. The smallest absolute Gasteiger partial charge is 0.126 e. The summed E-state index contributed by atoms with van der Waals surface area (Å²) in [4.78, 5) is 4.19. The van der Waals surface area contributed by atoms with Crippen LogP contribution in [0.15, 0.2) is 36.5 Å². The van der Waals surface area contributed by atoms with E-state index in [1.165, 1.54) is 11.1 Å². The topological polar surface area (TPSA) is 38.9 Å². The third-order valence-corrected chi connectivity index (χ3v) is 2.79. The summed E-state index contributed by atoms with van der Waals surface area (Å²) in [6.45, 7) is 4.14. The lowest BCUT2D eigenvalue weighted by Gasteiger charge is -2.06. The van der Waals surface area contributed by atoms with E-state index >= 15 is 0 Å². The van der Waals surface area contributed by atoms with Gasteiger partial charge in [0, 0.05) is 11.8 Å². The maximum Gasteiger partial charge on any atom is 0.126 e. The zero-order valence-electron chi connectivity index (χ0n) is 9.70. The Morgan fingerprint density at radius 2 is 2.00 bits per heavy atom. The molecule has 0 saturated carbocycles. The van der Waals surface area contributed by atoms with Crippen molar-refractivity contribution in [2.45, 2.75) is 20.3 Å². The van der Waals surface area contributed by atoms with E-state index in [0.29, 0.717) is 5.82 Å². The van der Waals surface area contributed by atoms with Gasteiger partial charge in [0.2, 0.25) is 0 Å². The summed E-state index contributed by atoms with van der Waals surface area (Å²) < 4.78 is 0. The highest BCUT2D eigenvalue weighted by Gasteiger charge is 2.01. The lowest BCUT2D eigenvalue weighted by Crippen LogP contribution is -1.94. The second-order valence-corrected chi connectivity index (χ2v) is 3.98.